The lowest BCUT2D eigenvalue weighted by atomic mass is 9.91. The third-order valence-corrected chi connectivity index (χ3v) is 3.88. The second-order valence-corrected chi connectivity index (χ2v) is 6.33. The fourth-order valence-electron chi connectivity index (χ4n) is 2.81. The first-order valence-electron chi connectivity index (χ1n) is 7.39. The van der Waals surface area contributed by atoms with Crippen LogP contribution in [0.3, 0.4) is 0 Å². The van der Waals surface area contributed by atoms with E-state index in [2.05, 4.69) is 0 Å². The van der Waals surface area contributed by atoms with E-state index in [1.54, 1.807) is 0 Å². The predicted octanol–water partition coefficient (Wildman–Crippen LogP) is 1.80. The summed E-state index contributed by atoms with van der Waals surface area (Å²) in [5, 5.41) is 0. The lowest BCUT2D eigenvalue weighted by Gasteiger charge is -2.39. The van der Waals surface area contributed by atoms with Gasteiger partial charge in [-0.15, -0.1) is 0 Å². The number of carbonyl (C=O) groups is 2. The van der Waals surface area contributed by atoms with Crippen LogP contribution in [0, 0.1) is 5.92 Å². The van der Waals surface area contributed by atoms with Gasteiger partial charge in [-0.05, 0) is 27.7 Å². The van der Waals surface area contributed by atoms with Crippen molar-refractivity contribution < 1.29 is 28.5 Å². The van der Waals surface area contributed by atoms with Gasteiger partial charge in [-0.3, -0.25) is 4.79 Å². The van der Waals surface area contributed by atoms with Gasteiger partial charge in [0.05, 0.1) is 12.5 Å². The van der Waals surface area contributed by atoms with Gasteiger partial charge in [0.15, 0.2) is 12.1 Å². The topological polar surface area (TPSA) is 71.1 Å². The van der Waals surface area contributed by atoms with Crippen LogP contribution in [0.4, 0.5) is 0 Å². The highest BCUT2D eigenvalue weighted by Crippen LogP contribution is 2.39. The van der Waals surface area contributed by atoms with Crippen molar-refractivity contribution >= 4 is 11.8 Å². The van der Waals surface area contributed by atoms with Gasteiger partial charge in [0, 0.05) is 12.3 Å². The molecule has 2 unspecified atom stereocenters. The molecule has 120 valence electrons. The minimum absolute atomic E-state index is 0.0257. The molecule has 2 aliphatic rings. The van der Waals surface area contributed by atoms with Crippen molar-refractivity contribution in [2.24, 2.45) is 5.92 Å². The van der Waals surface area contributed by atoms with Gasteiger partial charge in [0.1, 0.15) is 18.0 Å². The number of esters is 1. The van der Waals surface area contributed by atoms with Crippen LogP contribution in [0.15, 0.2) is 0 Å². The molecule has 2 rings (SSSR count). The van der Waals surface area contributed by atoms with Crippen molar-refractivity contribution in [3.63, 3.8) is 0 Å². The number of ether oxygens (including phenoxy) is 4. The van der Waals surface area contributed by atoms with Crippen LogP contribution >= 0.6 is 0 Å². The molecular formula is C15H24O6. The Labute approximate surface area is 125 Å². The van der Waals surface area contributed by atoms with E-state index in [9.17, 15) is 9.59 Å². The van der Waals surface area contributed by atoms with Gasteiger partial charge in [-0.25, -0.2) is 0 Å². The first-order chi connectivity index (χ1) is 9.69. The average molecular weight is 300 g/mol. The Morgan fingerprint density at radius 3 is 2.43 bits per heavy atom. The Morgan fingerprint density at radius 1 is 1.14 bits per heavy atom. The van der Waals surface area contributed by atoms with Gasteiger partial charge >= 0.3 is 5.97 Å². The van der Waals surface area contributed by atoms with Crippen LogP contribution in [0.1, 0.15) is 47.5 Å². The number of hydrogen-bond donors (Lipinski definition) is 0. The van der Waals surface area contributed by atoms with Gasteiger partial charge in [-0.2, -0.15) is 0 Å². The zero-order chi connectivity index (χ0) is 15.8. The highest BCUT2D eigenvalue weighted by Gasteiger charge is 2.52. The molecular weight excluding hydrogens is 276 g/mol. The van der Waals surface area contributed by atoms with Crippen LogP contribution in [0.5, 0.6) is 0 Å². The summed E-state index contributed by atoms with van der Waals surface area (Å²) in [4.78, 5) is 22.7. The van der Waals surface area contributed by atoms with Crippen molar-refractivity contribution in [2.75, 3.05) is 0 Å². The lowest BCUT2D eigenvalue weighted by molar-refractivity contribution is -0.239. The maximum absolute atomic E-state index is 11.8. The van der Waals surface area contributed by atoms with Gasteiger partial charge in [0.25, 0.3) is 0 Å². The van der Waals surface area contributed by atoms with Crippen molar-refractivity contribution in [3.8, 4) is 0 Å². The van der Waals surface area contributed by atoms with E-state index in [0.29, 0.717) is 0 Å². The normalized spacial score (nSPS) is 37.9. The Balaban J connectivity index is 1.97. The van der Waals surface area contributed by atoms with Crippen molar-refractivity contribution in [1.82, 2.24) is 0 Å². The van der Waals surface area contributed by atoms with Crippen LogP contribution < -0.4 is 0 Å². The van der Waals surface area contributed by atoms with E-state index in [-0.39, 0.29) is 42.7 Å². The predicted molar refractivity (Wildman–Crippen MR) is 73.3 cm³/mol. The maximum Gasteiger partial charge on any atom is 0.306 e. The maximum atomic E-state index is 11.8. The number of Topliss-reactive ketones (excluding diaryl/α,β-unsaturated/α-hetero) is 1. The van der Waals surface area contributed by atoms with Gasteiger partial charge in [-0.1, -0.05) is 6.92 Å². The minimum atomic E-state index is -0.698. The summed E-state index contributed by atoms with van der Waals surface area (Å²) < 4.78 is 22.8. The van der Waals surface area contributed by atoms with Gasteiger partial charge < -0.3 is 23.7 Å². The highest BCUT2D eigenvalue weighted by atomic mass is 16.8. The second kappa shape index (κ2) is 6.02. The molecule has 0 N–H and O–H groups in total. The molecule has 0 bridgehead atoms. The first-order valence-corrected chi connectivity index (χ1v) is 7.39. The molecule has 2 fully saturated rings. The van der Waals surface area contributed by atoms with E-state index < -0.39 is 18.2 Å². The summed E-state index contributed by atoms with van der Waals surface area (Å²) in [6.07, 6.45) is -1.07. The number of carbonyl (C=O) groups excluding carboxylic acids is 2. The molecule has 0 radical (unpaired) electrons. The molecule has 0 aromatic rings. The summed E-state index contributed by atoms with van der Waals surface area (Å²) in [5.74, 6) is -1.14. The number of fused-ring (bicyclic) bond motifs is 1. The smallest absolute Gasteiger partial charge is 0.306 e. The van der Waals surface area contributed by atoms with Crippen molar-refractivity contribution in [2.45, 2.75) is 77.8 Å². The standard InChI is InChI=1S/C15H24O6/c1-8(16)6-7-11(17)19-12-9(2)13-14(18-10(12)3)21-15(4,5)20-13/h9-10,12-14H,6-7H2,1-5H3/t9-,10?,12+,13?,14+/m0/s1. The van der Waals surface area contributed by atoms with E-state index in [0.717, 1.165) is 0 Å². The summed E-state index contributed by atoms with van der Waals surface area (Å²) in [6.45, 7) is 8.94. The molecule has 2 saturated heterocycles. The molecule has 0 aromatic heterocycles. The molecule has 0 aliphatic carbocycles. The fraction of sp³-hybridized carbons (Fsp3) is 0.867. The number of rotatable bonds is 4. The molecule has 2 heterocycles. The van der Waals surface area contributed by atoms with E-state index in [4.69, 9.17) is 18.9 Å². The van der Waals surface area contributed by atoms with Crippen molar-refractivity contribution in [3.05, 3.63) is 0 Å². The molecule has 0 aromatic carbocycles. The number of hydrogen-bond acceptors (Lipinski definition) is 6. The zero-order valence-electron chi connectivity index (χ0n) is 13.3. The molecule has 6 nitrogen and oxygen atoms in total. The Kier molecular flexibility index (Phi) is 4.70. The largest absolute Gasteiger partial charge is 0.459 e. The SMILES string of the molecule is CC(=O)CCC(=O)O[C@H]1C(C)O[C@@H]2OC(C)(C)OC2[C@H]1C. The quantitative estimate of drug-likeness (QED) is 0.737. The lowest BCUT2D eigenvalue weighted by Crippen LogP contribution is -2.52. The molecule has 6 heteroatoms. The summed E-state index contributed by atoms with van der Waals surface area (Å²) >= 11 is 0. The van der Waals surface area contributed by atoms with E-state index in [1.807, 2.05) is 27.7 Å². The van der Waals surface area contributed by atoms with Gasteiger partial charge in [0.2, 0.25) is 0 Å². The molecule has 0 amide bonds. The molecule has 2 aliphatic heterocycles. The summed E-state index contributed by atoms with van der Waals surface area (Å²) in [6, 6.07) is 0. The van der Waals surface area contributed by atoms with Crippen LogP contribution in [-0.2, 0) is 28.5 Å². The van der Waals surface area contributed by atoms with E-state index >= 15 is 0 Å². The molecule has 21 heavy (non-hydrogen) atoms. The summed E-state index contributed by atoms with van der Waals surface area (Å²) in [5.41, 5.74) is 0. The molecule has 0 spiro atoms. The Morgan fingerprint density at radius 2 is 1.81 bits per heavy atom. The Bertz CT molecular complexity index is 418. The zero-order valence-corrected chi connectivity index (χ0v) is 13.3. The number of ketones is 1. The third kappa shape index (κ3) is 3.81. The average Bonchev–Trinajstić information content (AvgIpc) is 2.66. The molecule has 0 saturated carbocycles. The van der Waals surface area contributed by atoms with Crippen LogP contribution in [0.2, 0.25) is 0 Å². The van der Waals surface area contributed by atoms with Crippen LogP contribution in [0.25, 0.3) is 0 Å². The second-order valence-electron chi connectivity index (χ2n) is 6.33. The first kappa shape index (κ1) is 16.4. The monoisotopic (exact) mass is 300 g/mol. The fourth-order valence-corrected chi connectivity index (χ4v) is 2.81. The highest BCUT2D eigenvalue weighted by molar-refractivity contribution is 5.81. The van der Waals surface area contributed by atoms with E-state index in [1.165, 1.54) is 6.92 Å². The summed E-state index contributed by atoms with van der Waals surface area (Å²) in [7, 11) is 0. The van der Waals surface area contributed by atoms with Crippen molar-refractivity contribution in [1.29, 1.82) is 0 Å². The minimum Gasteiger partial charge on any atom is -0.459 e. The molecule has 5 atom stereocenters. The Hall–Kier alpha value is -0.980. The van der Waals surface area contributed by atoms with Crippen LogP contribution in [-0.4, -0.2) is 42.1 Å². The third-order valence-electron chi connectivity index (χ3n) is 3.88.